The monoisotopic (exact) mass is 289 g/mol. The number of phenols is 3. The molecule has 2 aromatic carbocycles. The zero-order valence-corrected chi connectivity index (χ0v) is 12.3. The van der Waals surface area contributed by atoms with Crippen molar-refractivity contribution in [1.82, 2.24) is 0 Å². The zero-order valence-electron chi connectivity index (χ0n) is 12.3. The van der Waals surface area contributed by atoms with E-state index >= 15 is 0 Å². The molecule has 0 aromatic heterocycles. The Labute approximate surface area is 125 Å². The van der Waals surface area contributed by atoms with Gasteiger partial charge in [-0.3, -0.25) is 0 Å². The zero-order chi connectivity index (χ0) is 15.7. The fourth-order valence-corrected chi connectivity index (χ4v) is 1.81. The highest BCUT2D eigenvalue weighted by Gasteiger charge is 1.97. The minimum atomic E-state index is -0.0581. The summed E-state index contributed by atoms with van der Waals surface area (Å²) in [5.41, 5.74) is 7.52. The van der Waals surface area contributed by atoms with Gasteiger partial charge in [0.25, 0.3) is 0 Å². The van der Waals surface area contributed by atoms with Crippen molar-refractivity contribution in [3.63, 3.8) is 0 Å². The van der Waals surface area contributed by atoms with Crippen LogP contribution in [0.4, 0.5) is 0 Å². The van der Waals surface area contributed by atoms with Gasteiger partial charge in [0.15, 0.2) is 11.5 Å². The van der Waals surface area contributed by atoms with Crippen LogP contribution >= 0.6 is 0 Å². The summed E-state index contributed by atoms with van der Waals surface area (Å²) in [4.78, 5) is 0. The molecule has 4 nitrogen and oxygen atoms in total. The number of hydrogen-bond donors (Lipinski definition) is 4. The van der Waals surface area contributed by atoms with Crippen LogP contribution in [0.5, 0.6) is 17.2 Å². The van der Waals surface area contributed by atoms with Crippen molar-refractivity contribution in [3.05, 3.63) is 53.6 Å². The van der Waals surface area contributed by atoms with E-state index in [4.69, 9.17) is 21.1 Å². The van der Waals surface area contributed by atoms with E-state index in [0.29, 0.717) is 12.3 Å². The first-order valence-corrected chi connectivity index (χ1v) is 7.05. The molecule has 0 aliphatic rings. The molecule has 5 N–H and O–H groups in total. The smallest absolute Gasteiger partial charge is 0.157 e. The van der Waals surface area contributed by atoms with E-state index in [1.165, 1.54) is 6.07 Å². The van der Waals surface area contributed by atoms with Gasteiger partial charge < -0.3 is 21.1 Å². The molecule has 0 aliphatic carbocycles. The Bertz CT molecular complexity index is 555. The predicted molar refractivity (Wildman–Crippen MR) is 84.6 cm³/mol. The number of nitrogens with two attached hydrogens (primary N) is 1. The number of benzene rings is 2. The van der Waals surface area contributed by atoms with Crippen LogP contribution < -0.4 is 5.73 Å². The van der Waals surface area contributed by atoms with Gasteiger partial charge in [0, 0.05) is 0 Å². The molecule has 0 unspecified atom stereocenters. The lowest BCUT2D eigenvalue weighted by molar-refractivity contribution is 0.403. The summed E-state index contributed by atoms with van der Waals surface area (Å²) in [5.74, 6) is 0.232. The van der Waals surface area contributed by atoms with E-state index in [9.17, 15) is 0 Å². The van der Waals surface area contributed by atoms with Crippen molar-refractivity contribution in [2.75, 3.05) is 6.54 Å². The highest BCUT2D eigenvalue weighted by molar-refractivity contribution is 5.40. The Morgan fingerprint density at radius 1 is 0.905 bits per heavy atom. The fraction of sp³-hybridized carbons (Fsp3) is 0.294. The van der Waals surface area contributed by atoms with Crippen molar-refractivity contribution < 1.29 is 15.3 Å². The molecular formula is C17H23NO3. The van der Waals surface area contributed by atoms with Gasteiger partial charge in [0.2, 0.25) is 0 Å². The Morgan fingerprint density at radius 2 is 1.67 bits per heavy atom. The van der Waals surface area contributed by atoms with E-state index in [0.717, 1.165) is 30.4 Å². The molecule has 0 radical (unpaired) electrons. The Kier molecular flexibility index (Phi) is 7.12. The third-order valence-corrected chi connectivity index (χ3v) is 3.03. The van der Waals surface area contributed by atoms with E-state index in [2.05, 4.69) is 0 Å². The van der Waals surface area contributed by atoms with Crippen LogP contribution in [-0.4, -0.2) is 21.9 Å². The van der Waals surface area contributed by atoms with Crippen LogP contribution in [0.2, 0.25) is 0 Å². The predicted octanol–water partition coefficient (Wildman–Crippen LogP) is 2.94. The molecule has 21 heavy (non-hydrogen) atoms. The highest BCUT2D eigenvalue weighted by atomic mass is 16.3. The molecular weight excluding hydrogens is 266 g/mol. The molecule has 0 fully saturated rings. The topological polar surface area (TPSA) is 86.7 Å². The van der Waals surface area contributed by atoms with Gasteiger partial charge in [-0.1, -0.05) is 25.1 Å². The lowest BCUT2D eigenvalue weighted by atomic mass is 10.1. The van der Waals surface area contributed by atoms with Crippen molar-refractivity contribution in [2.45, 2.75) is 26.2 Å². The second-order valence-electron chi connectivity index (χ2n) is 4.74. The SMILES string of the molecule is CCc1ccc(O)c(O)c1.NCCCc1cccc(O)c1. The average molecular weight is 289 g/mol. The van der Waals surface area contributed by atoms with E-state index in [1.807, 2.05) is 19.1 Å². The van der Waals surface area contributed by atoms with Gasteiger partial charge >= 0.3 is 0 Å². The molecule has 0 spiro atoms. The Morgan fingerprint density at radius 3 is 2.24 bits per heavy atom. The maximum Gasteiger partial charge on any atom is 0.157 e. The molecule has 0 bridgehead atoms. The normalized spacial score (nSPS) is 9.81. The van der Waals surface area contributed by atoms with Crippen molar-refractivity contribution in [2.24, 2.45) is 5.73 Å². The molecule has 4 heteroatoms. The lowest BCUT2D eigenvalue weighted by Crippen LogP contribution is -1.99. The molecule has 0 aliphatic heterocycles. The van der Waals surface area contributed by atoms with Gasteiger partial charge in [-0.2, -0.15) is 0 Å². The summed E-state index contributed by atoms with van der Waals surface area (Å²) in [7, 11) is 0. The molecule has 0 saturated carbocycles. The van der Waals surface area contributed by atoms with Crippen LogP contribution in [0.1, 0.15) is 24.5 Å². The summed E-state index contributed by atoms with van der Waals surface area (Å²) >= 11 is 0. The summed E-state index contributed by atoms with van der Waals surface area (Å²) in [6.07, 6.45) is 2.79. The third-order valence-electron chi connectivity index (χ3n) is 3.03. The van der Waals surface area contributed by atoms with Gasteiger partial charge in [-0.15, -0.1) is 0 Å². The van der Waals surface area contributed by atoms with Crippen LogP contribution in [0.25, 0.3) is 0 Å². The van der Waals surface area contributed by atoms with E-state index in [-0.39, 0.29) is 11.5 Å². The standard InChI is InChI=1S/C9H13NO.C8H10O2/c10-6-2-4-8-3-1-5-9(11)7-8;1-2-6-3-4-7(9)8(10)5-6/h1,3,5,7,11H,2,4,6,10H2;3-5,9-10H,2H2,1H3. The molecule has 0 atom stereocenters. The fourth-order valence-electron chi connectivity index (χ4n) is 1.81. The average Bonchev–Trinajstić information content (AvgIpc) is 2.49. The summed E-state index contributed by atoms with van der Waals surface area (Å²) < 4.78 is 0. The van der Waals surface area contributed by atoms with E-state index < -0.39 is 0 Å². The van der Waals surface area contributed by atoms with E-state index in [1.54, 1.807) is 24.3 Å². The minimum absolute atomic E-state index is 0.0423. The van der Waals surface area contributed by atoms with Crippen LogP contribution in [0, 0.1) is 0 Å². The second kappa shape index (κ2) is 8.87. The van der Waals surface area contributed by atoms with Crippen molar-refractivity contribution >= 4 is 0 Å². The maximum atomic E-state index is 9.08. The molecule has 2 aromatic rings. The molecule has 0 amide bonds. The Balaban J connectivity index is 0.000000211. The molecule has 0 saturated heterocycles. The number of aromatic hydroxyl groups is 3. The van der Waals surface area contributed by atoms with Gasteiger partial charge in [-0.25, -0.2) is 0 Å². The summed E-state index contributed by atoms with van der Waals surface area (Å²) in [6.45, 7) is 2.70. The molecule has 114 valence electrons. The Hall–Kier alpha value is -2.20. The minimum Gasteiger partial charge on any atom is -0.508 e. The maximum absolute atomic E-state index is 9.08. The van der Waals surface area contributed by atoms with Crippen molar-refractivity contribution in [1.29, 1.82) is 0 Å². The third kappa shape index (κ3) is 6.19. The first kappa shape index (κ1) is 16.9. The first-order chi connectivity index (χ1) is 10.1. The van der Waals surface area contributed by atoms with Gasteiger partial charge in [0.05, 0.1) is 0 Å². The largest absolute Gasteiger partial charge is 0.508 e. The number of rotatable bonds is 4. The lowest BCUT2D eigenvalue weighted by Gasteiger charge is -1.99. The first-order valence-electron chi connectivity index (χ1n) is 7.05. The van der Waals surface area contributed by atoms with Crippen LogP contribution in [0.3, 0.4) is 0 Å². The summed E-state index contributed by atoms with van der Waals surface area (Å²) in [6, 6.07) is 12.1. The number of phenolic OH excluding ortho intramolecular Hbond substituents is 3. The molecule has 0 heterocycles. The second-order valence-corrected chi connectivity index (χ2v) is 4.74. The summed E-state index contributed by atoms with van der Waals surface area (Å²) in [5, 5.41) is 27.0. The number of aryl methyl sites for hydroxylation is 2. The van der Waals surface area contributed by atoms with Crippen LogP contribution in [-0.2, 0) is 12.8 Å². The van der Waals surface area contributed by atoms with Gasteiger partial charge in [0.1, 0.15) is 5.75 Å². The number of hydrogen-bond acceptors (Lipinski definition) is 4. The quantitative estimate of drug-likeness (QED) is 0.652. The van der Waals surface area contributed by atoms with Crippen LogP contribution in [0.15, 0.2) is 42.5 Å². The highest BCUT2D eigenvalue weighted by Crippen LogP contribution is 2.24. The van der Waals surface area contributed by atoms with Gasteiger partial charge in [-0.05, 0) is 61.2 Å². The molecule has 2 rings (SSSR count). The van der Waals surface area contributed by atoms with Crippen molar-refractivity contribution in [3.8, 4) is 17.2 Å².